The summed E-state index contributed by atoms with van der Waals surface area (Å²) < 4.78 is 0. The van der Waals surface area contributed by atoms with Crippen molar-refractivity contribution >= 4 is 11.8 Å². The molecule has 120 valence electrons. The zero-order chi connectivity index (χ0) is 16.9. The fraction of sp³-hybridized carbons (Fsp3) is 0.105. The lowest BCUT2D eigenvalue weighted by atomic mass is 9.99. The molecule has 3 rings (SSSR count). The fourth-order valence-corrected chi connectivity index (χ4v) is 2.47. The number of carbonyl (C=O) groups is 1. The highest BCUT2D eigenvalue weighted by atomic mass is 16.4. The van der Waals surface area contributed by atoms with Gasteiger partial charge in [0, 0.05) is 12.7 Å². The molecule has 0 aliphatic rings. The normalized spacial score (nSPS) is 10.4. The van der Waals surface area contributed by atoms with E-state index in [1.807, 2.05) is 49.4 Å². The molecule has 0 atom stereocenters. The van der Waals surface area contributed by atoms with E-state index < -0.39 is 5.97 Å². The summed E-state index contributed by atoms with van der Waals surface area (Å²) in [4.78, 5) is 19.7. The van der Waals surface area contributed by atoms with Crippen molar-refractivity contribution in [3.63, 3.8) is 0 Å². The van der Waals surface area contributed by atoms with Crippen LogP contribution in [-0.4, -0.2) is 21.0 Å². The number of carboxylic acid groups (broad SMARTS) is 1. The summed E-state index contributed by atoms with van der Waals surface area (Å²) in [6, 6.07) is 16.7. The molecule has 0 saturated heterocycles. The average molecular weight is 319 g/mol. The minimum Gasteiger partial charge on any atom is -0.478 e. The van der Waals surface area contributed by atoms with Gasteiger partial charge >= 0.3 is 5.97 Å². The molecule has 0 radical (unpaired) electrons. The molecule has 0 saturated carbocycles. The number of aryl methyl sites for hydroxylation is 1. The Morgan fingerprint density at radius 3 is 2.54 bits per heavy atom. The number of nitrogens with zero attached hydrogens (tertiary/aromatic N) is 2. The summed E-state index contributed by atoms with van der Waals surface area (Å²) in [5.74, 6) is 0.582. The van der Waals surface area contributed by atoms with Crippen LogP contribution in [0.25, 0.3) is 11.1 Å². The first-order valence-corrected chi connectivity index (χ1v) is 7.58. The van der Waals surface area contributed by atoms with Crippen LogP contribution in [0, 0.1) is 6.92 Å². The Balaban J connectivity index is 1.75. The number of nitrogens with one attached hydrogen (secondary N) is 1. The highest BCUT2D eigenvalue weighted by Crippen LogP contribution is 2.24. The van der Waals surface area contributed by atoms with Gasteiger partial charge in [0.05, 0.1) is 5.56 Å². The van der Waals surface area contributed by atoms with Gasteiger partial charge in [0.1, 0.15) is 11.6 Å². The van der Waals surface area contributed by atoms with E-state index in [0.717, 1.165) is 28.3 Å². The van der Waals surface area contributed by atoms with Gasteiger partial charge in [-0.25, -0.2) is 14.8 Å². The Morgan fingerprint density at radius 2 is 1.83 bits per heavy atom. The van der Waals surface area contributed by atoms with Gasteiger partial charge in [0.2, 0.25) is 0 Å². The molecule has 0 unspecified atom stereocenters. The molecule has 0 aliphatic carbocycles. The Hall–Kier alpha value is -3.21. The molecule has 2 aromatic carbocycles. The molecular formula is C19H17N3O2. The number of rotatable bonds is 5. The number of carboxylic acids is 1. The molecule has 1 aromatic heterocycles. The first kappa shape index (κ1) is 15.7. The van der Waals surface area contributed by atoms with Crippen LogP contribution in [0.4, 0.5) is 5.82 Å². The van der Waals surface area contributed by atoms with Gasteiger partial charge in [-0.2, -0.15) is 0 Å². The van der Waals surface area contributed by atoms with E-state index in [0.29, 0.717) is 12.1 Å². The highest BCUT2D eigenvalue weighted by Gasteiger charge is 2.10. The SMILES string of the molecule is Cc1nccc(NCc2ccc(-c3ccccc3C(=O)O)cc2)n1. The highest BCUT2D eigenvalue weighted by molar-refractivity contribution is 5.95. The number of hydrogen-bond acceptors (Lipinski definition) is 4. The second-order valence-corrected chi connectivity index (χ2v) is 5.39. The molecular weight excluding hydrogens is 302 g/mol. The lowest BCUT2D eigenvalue weighted by Gasteiger charge is -2.09. The van der Waals surface area contributed by atoms with Gasteiger partial charge < -0.3 is 10.4 Å². The second kappa shape index (κ2) is 6.91. The predicted octanol–water partition coefficient (Wildman–Crippen LogP) is 3.76. The van der Waals surface area contributed by atoms with Crippen molar-refractivity contribution in [2.45, 2.75) is 13.5 Å². The fourth-order valence-electron chi connectivity index (χ4n) is 2.47. The second-order valence-electron chi connectivity index (χ2n) is 5.39. The van der Waals surface area contributed by atoms with Gasteiger partial charge in [-0.05, 0) is 35.7 Å². The van der Waals surface area contributed by atoms with Gasteiger partial charge in [0.25, 0.3) is 0 Å². The summed E-state index contributed by atoms with van der Waals surface area (Å²) in [5, 5.41) is 12.5. The van der Waals surface area contributed by atoms with Crippen LogP contribution in [0.3, 0.4) is 0 Å². The van der Waals surface area contributed by atoms with Crippen molar-refractivity contribution in [2.24, 2.45) is 0 Å². The number of anilines is 1. The van der Waals surface area contributed by atoms with Crippen LogP contribution < -0.4 is 5.32 Å². The minimum absolute atomic E-state index is 0.305. The molecule has 24 heavy (non-hydrogen) atoms. The van der Waals surface area contributed by atoms with Crippen LogP contribution in [-0.2, 0) is 6.54 Å². The third-order valence-electron chi connectivity index (χ3n) is 3.67. The lowest BCUT2D eigenvalue weighted by molar-refractivity contribution is 0.0697. The maximum absolute atomic E-state index is 11.3. The summed E-state index contributed by atoms with van der Waals surface area (Å²) in [7, 11) is 0. The van der Waals surface area contributed by atoms with Gasteiger partial charge in [-0.1, -0.05) is 42.5 Å². The maximum atomic E-state index is 11.3. The van der Waals surface area contributed by atoms with E-state index >= 15 is 0 Å². The van der Waals surface area contributed by atoms with Gasteiger partial charge in [-0.3, -0.25) is 0 Å². The summed E-state index contributed by atoms with van der Waals surface area (Å²) in [6.07, 6.45) is 1.72. The van der Waals surface area contributed by atoms with Crippen LogP contribution in [0.15, 0.2) is 60.8 Å². The molecule has 0 amide bonds. The quantitative estimate of drug-likeness (QED) is 0.749. The molecule has 0 spiro atoms. The van der Waals surface area contributed by atoms with Crippen molar-refractivity contribution in [3.05, 3.63) is 77.7 Å². The van der Waals surface area contributed by atoms with Gasteiger partial charge in [-0.15, -0.1) is 0 Å². The van der Waals surface area contributed by atoms with Crippen LogP contribution in [0.2, 0.25) is 0 Å². The van der Waals surface area contributed by atoms with E-state index in [2.05, 4.69) is 15.3 Å². The number of hydrogen-bond donors (Lipinski definition) is 2. The molecule has 0 fully saturated rings. The van der Waals surface area contributed by atoms with Crippen molar-refractivity contribution in [1.82, 2.24) is 9.97 Å². The summed E-state index contributed by atoms with van der Waals surface area (Å²) in [6.45, 7) is 2.48. The van der Waals surface area contributed by atoms with Crippen molar-refractivity contribution in [2.75, 3.05) is 5.32 Å². The Bertz CT molecular complexity index is 860. The first-order valence-electron chi connectivity index (χ1n) is 7.58. The van der Waals surface area contributed by atoms with Crippen molar-refractivity contribution in [1.29, 1.82) is 0 Å². The van der Waals surface area contributed by atoms with Crippen molar-refractivity contribution < 1.29 is 9.90 Å². The van der Waals surface area contributed by atoms with Crippen LogP contribution in [0.5, 0.6) is 0 Å². The smallest absolute Gasteiger partial charge is 0.336 e. The van der Waals surface area contributed by atoms with E-state index in [-0.39, 0.29) is 0 Å². The molecule has 0 aliphatic heterocycles. The third-order valence-corrected chi connectivity index (χ3v) is 3.67. The Kier molecular flexibility index (Phi) is 4.52. The predicted molar refractivity (Wildman–Crippen MR) is 92.9 cm³/mol. The lowest BCUT2D eigenvalue weighted by Crippen LogP contribution is -2.03. The Morgan fingerprint density at radius 1 is 1.08 bits per heavy atom. The number of aromatic carboxylic acids is 1. The first-order chi connectivity index (χ1) is 11.6. The number of benzene rings is 2. The molecule has 1 heterocycles. The molecule has 2 N–H and O–H groups in total. The molecule has 5 heteroatoms. The van der Waals surface area contributed by atoms with Gasteiger partial charge in [0.15, 0.2) is 0 Å². The van der Waals surface area contributed by atoms with E-state index in [9.17, 15) is 9.90 Å². The largest absolute Gasteiger partial charge is 0.478 e. The van der Waals surface area contributed by atoms with Crippen LogP contribution >= 0.6 is 0 Å². The topological polar surface area (TPSA) is 75.1 Å². The van der Waals surface area contributed by atoms with E-state index in [1.54, 1.807) is 18.3 Å². The molecule has 0 bridgehead atoms. The van der Waals surface area contributed by atoms with Crippen LogP contribution in [0.1, 0.15) is 21.7 Å². The third kappa shape index (κ3) is 3.57. The van der Waals surface area contributed by atoms with E-state index in [4.69, 9.17) is 0 Å². The standard InChI is InChI=1S/C19H17N3O2/c1-13-20-11-10-18(22-13)21-12-14-6-8-15(9-7-14)16-4-2-3-5-17(16)19(23)24/h2-11H,12H2,1H3,(H,23,24)(H,20,21,22). The zero-order valence-corrected chi connectivity index (χ0v) is 13.2. The summed E-state index contributed by atoms with van der Waals surface area (Å²) in [5.41, 5.74) is 2.99. The monoisotopic (exact) mass is 319 g/mol. The Labute approximate surface area is 140 Å². The molecule has 5 nitrogen and oxygen atoms in total. The average Bonchev–Trinajstić information content (AvgIpc) is 2.60. The zero-order valence-electron chi connectivity index (χ0n) is 13.2. The maximum Gasteiger partial charge on any atom is 0.336 e. The molecule has 3 aromatic rings. The number of aromatic nitrogens is 2. The summed E-state index contributed by atoms with van der Waals surface area (Å²) >= 11 is 0. The van der Waals surface area contributed by atoms with E-state index in [1.165, 1.54) is 0 Å². The minimum atomic E-state index is -0.921. The van der Waals surface area contributed by atoms with Crippen molar-refractivity contribution in [3.8, 4) is 11.1 Å².